The quantitative estimate of drug-likeness (QED) is 0.441. The van der Waals surface area contributed by atoms with E-state index in [9.17, 15) is 17.2 Å². The minimum absolute atomic E-state index is 0.0852. The molecule has 2 N–H and O–H groups in total. The molecule has 3 aromatic heterocycles. The van der Waals surface area contributed by atoms with E-state index in [0.29, 0.717) is 29.4 Å². The molecule has 14 heteroatoms. The van der Waals surface area contributed by atoms with Crippen LogP contribution in [0.4, 0.5) is 14.5 Å². The van der Waals surface area contributed by atoms with E-state index in [2.05, 4.69) is 44.0 Å². The first-order chi connectivity index (χ1) is 18.4. The van der Waals surface area contributed by atoms with E-state index in [0.717, 1.165) is 61.5 Å². The molecule has 7 rings (SSSR count). The lowest BCUT2D eigenvalue weighted by molar-refractivity contribution is 0.0500. The standard InChI is InChI=1S/C25H32F2N8O2S2/c1-14-9-34(13-25(29-14)11-33(3)12-25)17-8-16(39(36,37)32-24(2)6-7-24)10-35-19(18(15-4-5-15)28-21(17)35)22-30-31-23(38-22)20(26)27/h8,10,14-15,20,29,32H,4-7,9,11-13H2,1-3H3/t14-/m0/s1. The van der Waals surface area contributed by atoms with E-state index in [4.69, 9.17) is 4.98 Å². The molecule has 0 radical (unpaired) electrons. The highest BCUT2D eigenvalue weighted by Gasteiger charge is 2.47. The third kappa shape index (κ3) is 4.53. The largest absolute Gasteiger partial charge is 0.365 e. The van der Waals surface area contributed by atoms with Gasteiger partial charge in [-0.25, -0.2) is 26.9 Å². The van der Waals surface area contributed by atoms with Crippen LogP contribution in [0.3, 0.4) is 0 Å². The van der Waals surface area contributed by atoms with Crippen molar-refractivity contribution in [3.63, 3.8) is 0 Å². The lowest BCUT2D eigenvalue weighted by Gasteiger charge is -2.56. The van der Waals surface area contributed by atoms with Gasteiger partial charge in [-0.15, -0.1) is 10.2 Å². The molecule has 5 heterocycles. The molecular weight excluding hydrogens is 546 g/mol. The molecular formula is C25H32F2N8O2S2. The molecule has 0 aromatic carbocycles. The number of aromatic nitrogens is 4. The molecule has 39 heavy (non-hydrogen) atoms. The summed E-state index contributed by atoms with van der Waals surface area (Å²) in [5.41, 5.74) is 2.15. The number of fused-ring (bicyclic) bond motifs is 1. The molecule has 0 amide bonds. The van der Waals surface area contributed by atoms with Gasteiger partial charge >= 0.3 is 0 Å². The Balaban J connectivity index is 1.42. The number of likely N-dealkylation sites (tertiary alicyclic amines) is 1. The zero-order valence-corrected chi connectivity index (χ0v) is 23.7. The summed E-state index contributed by atoms with van der Waals surface area (Å²) in [5, 5.41) is 11.5. The molecule has 4 fully saturated rings. The molecule has 3 aromatic rings. The van der Waals surface area contributed by atoms with Crippen molar-refractivity contribution in [1.29, 1.82) is 0 Å². The van der Waals surface area contributed by atoms with Gasteiger partial charge in [0.2, 0.25) is 10.0 Å². The third-order valence-electron chi connectivity index (χ3n) is 8.21. The van der Waals surface area contributed by atoms with Crippen LogP contribution in [-0.4, -0.2) is 83.2 Å². The minimum atomic E-state index is -3.86. The van der Waals surface area contributed by atoms with Crippen LogP contribution in [0.15, 0.2) is 17.2 Å². The molecule has 10 nitrogen and oxygen atoms in total. The van der Waals surface area contributed by atoms with Crippen molar-refractivity contribution in [2.75, 3.05) is 38.1 Å². The maximum atomic E-state index is 13.7. The SMILES string of the molecule is C[C@H]1CN(c2cc(S(=O)(=O)NC3(C)CC3)cn3c(-c4nnc(C(F)F)s4)c(C4CC4)nc23)CC2(CN(C)C2)N1. The number of nitrogens with zero attached hydrogens (tertiary/aromatic N) is 6. The van der Waals surface area contributed by atoms with Crippen molar-refractivity contribution < 1.29 is 17.2 Å². The van der Waals surface area contributed by atoms with Gasteiger partial charge in [0, 0.05) is 49.9 Å². The van der Waals surface area contributed by atoms with E-state index in [1.54, 1.807) is 16.7 Å². The summed E-state index contributed by atoms with van der Waals surface area (Å²) in [6.07, 6.45) is 2.30. The van der Waals surface area contributed by atoms with Crippen molar-refractivity contribution in [3.8, 4) is 10.7 Å². The summed E-state index contributed by atoms with van der Waals surface area (Å²) in [6.45, 7) is 7.23. The number of pyridine rings is 1. The van der Waals surface area contributed by atoms with Gasteiger partial charge < -0.3 is 15.1 Å². The summed E-state index contributed by atoms with van der Waals surface area (Å²) in [6, 6.07) is 1.92. The molecule has 1 atom stereocenters. The van der Waals surface area contributed by atoms with Crippen molar-refractivity contribution in [3.05, 3.63) is 23.0 Å². The number of imidazole rings is 1. The number of alkyl halides is 2. The minimum Gasteiger partial charge on any atom is -0.365 e. The molecule has 1 spiro atoms. The maximum absolute atomic E-state index is 13.7. The summed E-state index contributed by atoms with van der Waals surface area (Å²) in [4.78, 5) is 9.67. The first-order valence-corrected chi connectivity index (χ1v) is 15.7. The topological polar surface area (TPSA) is 108 Å². The Hall–Kier alpha value is -2.26. The van der Waals surface area contributed by atoms with Gasteiger partial charge in [-0.05, 0) is 52.6 Å². The van der Waals surface area contributed by atoms with Crippen molar-refractivity contribution in [1.82, 2.24) is 34.5 Å². The molecule has 0 bridgehead atoms. The van der Waals surface area contributed by atoms with Gasteiger partial charge in [0.05, 0.1) is 16.9 Å². The Kier molecular flexibility index (Phi) is 5.68. The molecule has 0 unspecified atom stereocenters. The monoisotopic (exact) mass is 578 g/mol. The zero-order chi connectivity index (χ0) is 27.3. The number of sulfonamides is 1. The molecule has 4 aliphatic rings. The van der Waals surface area contributed by atoms with Gasteiger partial charge in [-0.3, -0.25) is 4.40 Å². The van der Waals surface area contributed by atoms with Crippen LogP contribution in [0.5, 0.6) is 0 Å². The van der Waals surface area contributed by atoms with Gasteiger partial charge in [0.1, 0.15) is 10.6 Å². The second-order valence-electron chi connectivity index (χ2n) is 12.2. The fraction of sp³-hybridized carbons (Fsp3) is 0.640. The van der Waals surface area contributed by atoms with Crippen LogP contribution in [0.25, 0.3) is 16.3 Å². The first-order valence-electron chi connectivity index (χ1n) is 13.4. The third-order valence-corrected chi connectivity index (χ3v) is 10.8. The Labute approximate surface area is 229 Å². The van der Waals surface area contributed by atoms with Gasteiger partial charge in [-0.1, -0.05) is 11.3 Å². The Morgan fingerprint density at radius 3 is 2.56 bits per heavy atom. The van der Waals surface area contributed by atoms with Crippen LogP contribution < -0.4 is 14.9 Å². The number of likely N-dealkylation sites (N-methyl/N-ethyl adjacent to an activating group) is 1. The second kappa shape index (κ2) is 8.62. The fourth-order valence-corrected chi connectivity index (χ4v) is 8.41. The smallest absolute Gasteiger partial charge is 0.291 e. The zero-order valence-electron chi connectivity index (χ0n) is 22.1. The molecule has 210 valence electrons. The normalized spacial score (nSPS) is 24.6. The van der Waals surface area contributed by atoms with Crippen molar-refractivity contribution in [2.24, 2.45) is 0 Å². The molecule has 2 aliphatic heterocycles. The van der Waals surface area contributed by atoms with E-state index < -0.39 is 22.0 Å². The predicted octanol–water partition coefficient (Wildman–Crippen LogP) is 2.98. The predicted molar refractivity (Wildman–Crippen MR) is 144 cm³/mol. The summed E-state index contributed by atoms with van der Waals surface area (Å²) in [7, 11) is -1.77. The Morgan fingerprint density at radius 2 is 1.95 bits per heavy atom. The van der Waals surface area contributed by atoms with E-state index >= 15 is 0 Å². The van der Waals surface area contributed by atoms with Crippen LogP contribution in [0.2, 0.25) is 0 Å². The average molecular weight is 579 g/mol. The number of halogens is 2. The average Bonchev–Trinajstić information content (AvgIpc) is 3.72. The number of hydrogen-bond acceptors (Lipinski definition) is 9. The van der Waals surface area contributed by atoms with E-state index in [1.165, 1.54) is 0 Å². The molecule has 2 saturated heterocycles. The van der Waals surface area contributed by atoms with Gasteiger partial charge in [-0.2, -0.15) is 0 Å². The van der Waals surface area contributed by atoms with Crippen molar-refractivity contribution >= 4 is 32.7 Å². The maximum Gasteiger partial charge on any atom is 0.291 e. The highest BCUT2D eigenvalue weighted by atomic mass is 32.2. The molecule has 2 aliphatic carbocycles. The number of piperazine rings is 1. The second-order valence-corrected chi connectivity index (χ2v) is 14.9. The Morgan fingerprint density at radius 1 is 1.21 bits per heavy atom. The van der Waals surface area contributed by atoms with Crippen LogP contribution in [0.1, 0.15) is 62.6 Å². The van der Waals surface area contributed by atoms with E-state index in [1.807, 2.05) is 6.92 Å². The van der Waals surface area contributed by atoms with Gasteiger partial charge in [0.25, 0.3) is 6.43 Å². The van der Waals surface area contributed by atoms with E-state index in [-0.39, 0.29) is 27.4 Å². The van der Waals surface area contributed by atoms with Gasteiger partial charge in [0.15, 0.2) is 15.7 Å². The number of rotatable bonds is 7. The molecule has 2 saturated carbocycles. The van der Waals surface area contributed by atoms with Crippen LogP contribution in [0, 0.1) is 0 Å². The highest BCUT2D eigenvalue weighted by molar-refractivity contribution is 7.89. The lowest BCUT2D eigenvalue weighted by Crippen LogP contribution is -2.77. The fourth-order valence-electron chi connectivity index (χ4n) is 6.18. The lowest BCUT2D eigenvalue weighted by atomic mass is 9.86. The summed E-state index contributed by atoms with van der Waals surface area (Å²) >= 11 is 0.834. The first kappa shape index (κ1) is 25.7. The van der Waals surface area contributed by atoms with Crippen molar-refractivity contribution in [2.45, 2.75) is 73.9 Å². The Bertz CT molecular complexity index is 1560. The number of hydrogen-bond donors (Lipinski definition) is 2. The number of nitrogens with one attached hydrogen (secondary N) is 2. The van der Waals surface area contributed by atoms with Crippen LogP contribution >= 0.6 is 11.3 Å². The summed E-state index contributed by atoms with van der Waals surface area (Å²) in [5.74, 6) is 0.184. The number of anilines is 1. The van der Waals surface area contributed by atoms with Crippen LogP contribution in [-0.2, 0) is 10.0 Å². The summed E-state index contributed by atoms with van der Waals surface area (Å²) < 4.78 is 58.9. The highest BCUT2D eigenvalue weighted by Crippen LogP contribution is 2.47.